The van der Waals surface area contributed by atoms with Gasteiger partial charge in [0.15, 0.2) is 0 Å². The van der Waals surface area contributed by atoms with Crippen molar-refractivity contribution < 1.29 is 0 Å². The normalized spacial score (nSPS) is 17.9. The lowest BCUT2D eigenvalue weighted by atomic mass is 9.98. The molecule has 1 nitrogen and oxygen atoms in total. The highest BCUT2D eigenvalue weighted by atomic mass is 35.5. The Bertz CT molecular complexity index is 553. The minimum Gasteiger partial charge on any atom is -0.306 e. The highest BCUT2D eigenvalue weighted by Crippen LogP contribution is 2.31. The lowest BCUT2D eigenvalue weighted by Gasteiger charge is -2.28. The molecule has 0 atom stereocenters. The monoisotopic (exact) mass is 273 g/mol. The SMILES string of the molecule is ClCC1(NCc2cccc3ccccc23)CCCC1. The van der Waals surface area contributed by atoms with Gasteiger partial charge in [0.25, 0.3) is 0 Å². The fraction of sp³-hybridized carbons (Fsp3) is 0.412. The summed E-state index contributed by atoms with van der Waals surface area (Å²) in [5, 5.41) is 6.38. The molecule has 0 spiro atoms. The molecule has 0 amide bonds. The summed E-state index contributed by atoms with van der Waals surface area (Å²) in [5.74, 6) is 0.720. The number of halogens is 1. The van der Waals surface area contributed by atoms with Crippen LogP contribution in [0.4, 0.5) is 0 Å². The third-order valence-corrected chi connectivity index (χ3v) is 4.86. The Hall–Kier alpha value is -1.05. The number of nitrogens with one attached hydrogen (secondary N) is 1. The van der Waals surface area contributed by atoms with Crippen LogP contribution in [0.3, 0.4) is 0 Å². The molecule has 0 unspecified atom stereocenters. The van der Waals surface area contributed by atoms with E-state index in [1.54, 1.807) is 0 Å². The smallest absolute Gasteiger partial charge is 0.0406 e. The third-order valence-electron chi connectivity index (χ3n) is 4.35. The number of benzene rings is 2. The molecule has 1 fully saturated rings. The van der Waals surface area contributed by atoms with Crippen molar-refractivity contribution in [2.24, 2.45) is 0 Å². The quantitative estimate of drug-likeness (QED) is 0.810. The van der Waals surface area contributed by atoms with Gasteiger partial charge in [0.2, 0.25) is 0 Å². The molecule has 100 valence electrons. The zero-order chi connectivity index (χ0) is 13.1. The number of fused-ring (bicyclic) bond motifs is 1. The van der Waals surface area contributed by atoms with Gasteiger partial charge in [-0.2, -0.15) is 0 Å². The van der Waals surface area contributed by atoms with Gasteiger partial charge in [-0.1, -0.05) is 55.3 Å². The molecular weight excluding hydrogens is 254 g/mol. The lowest BCUT2D eigenvalue weighted by molar-refractivity contribution is 0.368. The van der Waals surface area contributed by atoms with Gasteiger partial charge in [-0.05, 0) is 29.2 Å². The maximum atomic E-state index is 6.19. The molecule has 2 aromatic rings. The van der Waals surface area contributed by atoms with Gasteiger partial charge >= 0.3 is 0 Å². The first-order valence-electron chi connectivity index (χ1n) is 7.11. The summed E-state index contributed by atoms with van der Waals surface area (Å²) in [4.78, 5) is 0. The van der Waals surface area contributed by atoms with E-state index in [1.165, 1.54) is 42.0 Å². The first-order chi connectivity index (χ1) is 9.33. The predicted molar refractivity (Wildman–Crippen MR) is 82.7 cm³/mol. The molecule has 0 saturated heterocycles. The summed E-state index contributed by atoms with van der Waals surface area (Å²) in [5.41, 5.74) is 1.54. The highest BCUT2D eigenvalue weighted by Gasteiger charge is 2.32. The number of hydrogen-bond donors (Lipinski definition) is 1. The Morgan fingerprint density at radius 3 is 2.53 bits per heavy atom. The number of rotatable bonds is 4. The number of hydrogen-bond acceptors (Lipinski definition) is 1. The molecular formula is C17H20ClN. The summed E-state index contributed by atoms with van der Waals surface area (Å²) in [6.07, 6.45) is 5.02. The van der Waals surface area contributed by atoms with E-state index in [-0.39, 0.29) is 5.54 Å². The van der Waals surface area contributed by atoms with Gasteiger partial charge in [0, 0.05) is 18.0 Å². The molecule has 1 aliphatic rings. The van der Waals surface area contributed by atoms with Gasteiger partial charge in [-0.25, -0.2) is 0 Å². The van der Waals surface area contributed by atoms with Gasteiger partial charge in [-0.15, -0.1) is 11.6 Å². The molecule has 2 heteroatoms. The van der Waals surface area contributed by atoms with E-state index in [9.17, 15) is 0 Å². The van der Waals surface area contributed by atoms with E-state index >= 15 is 0 Å². The maximum Gasteiger partial charge on any atom is 0.0406 e. The third kappa shape index (κ3) is 2.63. The zero-order valence-corrected chi connectivity index (χ0v) is 11.9. The average Bonchev–Trinajstić information content (AvgIpc) is 2.94. The van der Waals surface area contributed by atoms with Crippen molar-refractivity contribution in [2.75, 3.05) is 5.88 Å². The van der Waals surface area contributed by atoms with E-state index in [1.807, 2.05) is 0 Å². The van der Waals surface area contributed by atoms with Gasteiger partial charge < -0.3 is 5.32 Å². The first kappa shape index (κ1) is 13.0. The van der Waals surface area contributed by atoms with E-state index in [4.69, 9.17) is 11.6 Å². The van der Waals surface area contributed by atoms with Crippen LogP contribution in [0.2, 0.25) is 0 Å². The molecule has 0 bridgehead atoms. The van der Waals surface area contributed by atoms with Gasteiger partial charge in [0.05, 0.1) is 0 Å². The van der Waals surface area contributed by atoms with E-state index in [2.05, 4.69) is 47.8 Å². The maximum absolute atomic E-state index is 6.19. The first-order valence-corrected chi connectivity index (χ1v) is 7.64. The summed E-state index contributed by atoms with van der Waals surface area (Å²) in [7, 11) is 0. The van der Waals surface area contributed by atoms with Crippen LogP contribution in [0.15, 0.2) is 42.5 Å². The van der Waals surface area contributed by atoms with Crippen LogP contribution >= 0.6 is 11.6 Å². The van der Waals surface area contributed by atoms with Crippen molar-refractivity contribution in [1.29, 1.82) is 0 Å². The fourth-order valence-electron chi connectivity index (χ4n) is 3.14. The van der Waals surface area contributed by atoms with Crippen molar-refractivity contribution in [3.63, 3.8) is 0 Å². The Morgan fingerprint density at radius 1 is 1.00 bits per heavy atom. The second-order valence-electron chi connectivity index (χ2n) is 5.61. The largest absolute Gasteiger partial charge is 0.306 e. The molecule has 1 N–H and O–H groups in total. The van der Waals surface area contributed by atoms with Crippen molar-refractivity contribution in [3.05, 3.63) is 48.0 Å². The second-order valence-corrected chi connectivity index (χ2v) is 5.88. The van der Waals surface area contributed by atoms with Crippen LogP contribution in [0.5, 0.6) is 0 Å². The average molecular weight is 274 g/mol. The van der Waals surface area contributed by atoms with E-state index < -0.39 is 0 Å². The molecule has 0 aromatic heterocycles. The fourth-order valence-corrected chi connectivity index (χ4v) is 3.50. The molecule has 19 heavy (non-hydrogen) atoms. The second kappa shape index (κ2) is 5.52. The van der Waals surface area contributed by atoms with Crippen molar-refractivity contribution >= 4 is 22.4 Å². The molecule has 3 rings (SSSR count). The molecule has 1 saturated carbocycles. The van der Waals surface area contributed by atoms with Gasteiger partial charge in [0.1, 0.15) is 0 Å². The van der Waals surface area contributed by atoms with Crippen LogP contribution in [0.1, 0.15) is 31.2 Å². The van der Waals surface area contributed by atoms with Crippen LogP contribution in [0, 0.1) is 0 Å². The van der Waals surface area contributed by atoms with E-state index in [0.717, 1.165) is 12.4 Å². The number of alkyl halides is 1. The molecule has 2 aromatic carbocycles. The molecule has 1 aliphatic carbocycles. The molecule has 0 heterocycles. The summed E-state index contributed by atoms with van der Waals surface area (Å²) in [6, 6.07) is 15.1. The highest BCUT2D eigenvalue weighted by molar-refractivity contribution is 6.18. The summed E-state index contributed by atoms with van der Waals surface area (Å²) in [6.45, 7) is 0.911. The topological polar surface area (TPSA) is 12.0 Å². The minimum absolute atomic E-state index is 0.165. The standard InChI is InChI=1S/C17H20ClN/c18-13-17(10-3-4-11-17)19-12-15-8-5-7-14-6-1-2-9-16(14)15/h1-2,5-9,19H,3-4,10-13H2. The van der Waals surface area contributed by atoms with Crippen LogP contribution in [-0.4, -0.2) is 11.4 Å². The van der Waals surface area contributed by atoms with Crippen molar-refractivity contribution in [2.45, 2.75) is 37.8 Å². The summed E-state index contributed by atoms with van der Waals surface area (Å²) >= 11 is 6.19. The lowest BCUT2D eigenvalue weighted by Crippen LogP contribution is -2.43. The van der Waals surface area contributed by atoms with Crippen LogP contribution in [-0.2, 0) is 6.54 Å². The Kier molecular flexibility index (Phi) is 3.76. The van der Waals surface area contributed by atoms with Crippen molar-refractivity contribution in [1.82, 2.24) is 5.32 Å². The molecule has 0 radical (unpaired) electrons. The zero-order valence-electron chi connectivity index (χ0n) is 11.2. The van der Waals surface area contributed by atoms with E-state index in [0.29, 0.717) is 0 Å². The molecule has 0 aliphatic heterocycles. The Morgan fingerprint density at radius 2 is 1.74 bits per heavy atom. The minimum atomic E-state index is 0.165. The Labute approximate surface area is 120 Å². The summed E-state index contributed by atoms with van der Waals surface area (Å²) < 4.78 is 0. The van der Waals surface area contributed by atoms with Crippen molar-refractivity contribution in [3.8, 4) is 0 Å². The Balaban J connectivity index is 1.82. The van der Waals surface area contributed by atoms with Crippen LogP contribution in [0.25, 0.3) is 10.8 Å². The van der Waals surface area contributed by atoms with Crippen LogP contribution < -0.4 is 5.32 Å². The predicted octanol–water partition coefficient (Wildman–Crippen LogP) is 4.48. The van der Waals surface area contributed by atoms with Gasteiger partial charge in [-0.3, -0.25) is 0 Å².